The largest absolute Gasteiger partial charge is 0.463 e. The summed E-state index contributed by atoms with van der Waals surface area (Å²) < 4.78 is 10.4. The molecule has 0 heterocycles. The Balaban J connectivity index is 3.34. The number of unbranched alkanes of at least 4 members (excludes halogenated alkanes) is 32. The first kappa shape index (κ1) is 49.9. The van der Waals surface area contributed by atoms with Gasteiger partial charge in [0.2, 0.25) is 0 Å². The third kappa shape index (κ3) is 43.2. The average molecular weight is 723 g/mol. The van der Waals surface area contributed by atoms with E-state index in [4.69, 9.17) is 9.47 Å². The minimum absolute atomic E-state index is 0.107. The zero-order chi connectivity index (χ0) is 37.3. The normalized spacial score (nSPS) is 12.1. The molecule has 1 N–H and O–H groups in total. The number of aliphatic hydroxyl groups is 1. The molecule has 5 heteroatoms. The van der Waals surface area contributed by atoms with E-state index in [0.717, 1.165) is 31.6 Å². The standard InChI is InChI=1S/C46H90O5/c1-4-5-6-7-8-9-10-11-12-18-21-24-27-30-33-36-39-45(48)50-41-44(47)42-51-46(49)40-37-34-31-28-25-22-19-16-14-13-15-17-20-23-26-29-32-35-38-43(2)3/h43-44,47H,4-42H2,1-3H3/t44-/m1/s1. The van der Waals surface area contributed by atoms with Crippen molar-refractivity contribution in [1.82, 2.24) is 0 Å². The van der Waals surface area contributed by atoms with Crippen LogP contribution in [0, 0.1) is 5.92 Å². The summed E-state index contributed by atoms with van der Waals surface area (Å²) in [6.45, 7) is 6.72. The van der Waals surface area contributed by atoms with Gasteiger partial charge in [-0.3, -0.25) is 9.59 Å². The molecule has 0 saturated carbocycles. The van der Waals surface area contributed by atoms with E-state index in [-0.39, 0.29) is 25.2 Å². The quantitative estimate of drug-likeness (QED) is 0.0501. The van der Waals surface area contributed by atoms with Gasteiger partial charge in [0.15, 0.2) is 0 Å². The summed E-state index contributed by atoms with van der Waals surface area (Å²) in [7, 11) is 0. The first-order valence-electron chi connectivity index (χ1n) is 22.9. The summed E-state index contributed by atoms with van der Waals surface area (Å²) in [5, 5.41) is 10.1. The third-order valence-electron chi connectivity index (χ3n) is 10.5. The second-order valence-corrected chi connectivity index (χ2v) is 16.4. The Morgan fingerprint density at radius 1 is 0.392 bits per heavy atom. The number of aliphatic hydroxyl groups excluding tert-OH is 1. The fourth-order valence-corrected chi connectivity index (χ4v) is 7.04. The second-order valence-electron chi connectivity index (χ2n) is 16.4. The van der Waals surface area contributed by atoms with Crippen molar-refractivity contribution in [2.75, 3.05) is 13.2 Å². The lowest BCUT2D eigenvalue weighted by atomic mass is 10.0. The SMILES string of the molecule is CCCCCCCCCCCCCCCCCCC(=O)OC[C@@H](O)COC(=O)CCCCCCCCCCCCCCCCCCCCC(C)C. The molecule has 0 aromatic heterocycles. The van der Waals surface area contributed by atoms with Crippen molar-refractivity contribution in [3.8, 4) is 0 Å². The highest BCUT2D eigenvalue weighted by Gasteiger charge is 2.12. The van der Waals surface area contributed by atoms with Crippen molar-refractivity contribution in [2.45, 2.75) is 264 Å². The van der Waals surface area contributed by atoms with Crippen LogP contribution in [0.4, 0.5) is 0 Å². The summed E-state index contributed by atoms with van der Waals surface area (Å²) in [6.07, 6.45) is 46.0. The highest BCUT2D eigenvalue weighted by atomic mass is 16.6. The molecular weight excluding hydrogens is 633 g/mol. The van der Waals surface area contributed by atoms with Crippen LogP contribution in [0.25, 0.3) is 0 Å². The number of esters is 2. The molecule has 304 valence electrons. The number of rotatable bonds is 42. The van der Waals surface area contributed by atoms with Crippen molar-refractivity contribution < 1.29 is 24.2 Å². The Bertz CT molecular complexity index is 708. The van der Waals surface area contributed by atoms with E-state index in [9.17, 15) is 14.7 Å². The average Bonchev–Trinajstić information content (AvgIpc) is 3.11. The molecule has 5 nitrogen and oxygen atoms in total. The minimum Gasteiger partial charge on any atom is -0.463 e. The topological polar surface area (TPSA) is 72.8 Å². The van der Waals surface area contributed by atoms with Gasteiger partial charge in [-0.1, -0.05) is 233 Å². The van der Waals surface area contributed by atoms with Gasteiger partial charge in [0.25, 0.3) is 0 Å². The molecule has 0 amide bonds. The minimum atomic E-state index is -0.956. The number of hydrogen-bond acceptors (Lipinski definition) is 5. The molecular formula is C46H90O5. The fraction of sp³-hybridized carbons (Fsp3) is 0.957. The first-order chi connectivity index (χ1) is 25.0. The van der Waals surface area contributed by atoms with Crippen molar-refractivity contribution in [2.24, 2.45) is 5.92 Å². The second kappa shape index (κ2) is 41.7. The maximum absolute atomic E-state index is 12.0. The predicted molar refractivity (Wildman–Crippen MR) is 219 cm³/mol. The van der Waals surface area contributed by atoms with Crippen LogP contribution in [0.1, 0.15) is 258 Å². The molecule has 0 saturated heterocycles. The van der Waals surface area contributed by atoms with E-state index in [2.05, 4.69) is 20.8 Å². The first-order valence-corrected chi connectivity index (χ1v) is 22.9. The fourth-order valence-electron chi connectivity index (χ4n) is 7.04. The molecule has 0 rings (SSSR count). The Labute approximate surface area is 319 Å². The molecule has 51 heavy (non-hydrogen) atoms. The van der Waals surface area contributed by atoms with Gasteiger partial charge < -0.3 is 14.6 Å². The molecule has 0 aromatic carbocycles. The van der Waals surface area contributed by atoms with E-state index < -0.39 is 6.10 Å². The lowest BCUT2D eigenvalue weighted by Gasteiger charge is -2.12. The molecule has 0 aliphatic rings. The molecule has 0 fully saturated rings. The van der Waals surface area contributed by atoms with Gasteiger partial charge in [-0.05, 0) is 18.8 Å². The molecule has 0 aromatic rings. The lowest BCUT2D eigenvalue weighted by Crippen LogP contribution is -2.25. The monoisotopic (exact) mass is 723 g/mol. The van der Waals surface area contributed by atoms with Crippen molar-refractivity contribution in [1.29, 1.82) is 0 Å². The van der Waals surface area contributed by atoms with Gasteiger partial charge in [-0.2, -0.15) is 0 Å². The molecule has 1 atom stereocenters. The van der Waals surface area contributed by atoms with E-state index in [1.54, 1.807) is 0 Å². The van der Waals surface area contributed by atoms with Crippen LogP contribution in [-0.4, -0.2) is 36.4 Å². The van der Waals surface area contributed by atoms with Gasteiger partial charge >= 0.3 is 11.9 Å². The van der Waals surface area contributed by atoms with Crippen LogP contribution in [0.15, 0.2) is 0 Å². The van der Waals surface area contributed by atoms with E-state index in [1.165, 1.54) is 199 Å². The summed E-state index contributed by atoms with van der Waals surface area (Å²) in [5.74, 6) is 0.319. The van der Waals surface area contributed by atoms with Gasteiger partial charge in [-0.25, -0.2) is 0 Å². The van der Waals surface area contributed by atoms with Gasteiger partial charge in [-0.15, -0.1) is 0 Å². The lowest BCUT2D eigenvalue weighted by molar-refractivity contribution is -0.152. The Morgan fingerprint density at radius 3 is 0.882 bits per heavy atom. The molecule has 0 unspecified atom stereocenters. The molecule has 0 spiro atoms. The number of hydrogen-bond donors (Lipinski definition) is 1. The van der Waals surface area contributed by atoms with Crippen LogP contribution in [0.3, 0.4) is 0 Å². The number of ether oxygens (including phenoxy) is 2. The van der Waals surface area contributed by atoms with Crippen LogP contribution in [0.2, 0.25) is 0 Å². The summed E-state index contributed by atoms with van der Waals surface area (Å²) in [4.78, 5) is 24.0. The van der Waals surface area contributed by atoms with Crippen LogP contribution in [0.5, 0.6) is 0 Å². The van der Waals surface area contributed by atoms with Gasteiger partial charge in [0.1, 0.15) is 19.3 Å². The Kier molecular flexibility index (Phi) is 40.8. The van der Waals surface area contributed by atoms with Crippen molar-refractivity contribution >= 4 is 11.9 Å². The highest BCUT2D eigenvalue weighted by Crippen LogP contribution is 2.17. The zero-order valence-electron chi connectivity index (χ0n) is 34.8. The zero-order valence-corrected chi connectivity index (χ0v) is 34.8. The summed E-state index contributed by atoms with van der Waals surface area (Å²) >= 11 is 0. The van der Waals surface area contributed by atoms with E-state index in [0.29, 0.717) is 12.8 Å². The maximum Gasteiger partial charge on any atom is 0.305 e. The van der Waals surface area contributed by atoms with Crippen LogP contribution >= 0.6 is 0 Å². The van der Waals surface area contributed by atoms with Crippen LogP contribution < -0.4 is 0 Å². The molecule has 0 aliphatic heterocycles. The van der Waals surface area contributed by atoms with Gasteiger partial charge in [0.05, 0.1) is 0 Å². The smallest absolute Gasteiger partial charge is 0.305 e. The van der Waals surface area contributed by atoms with Crippen LogP contribution in [-0.2, 0) is 19.1 Å². The maximum atomic E-state index is 12.0. The van der Waals surface area contributed by atoms with Crippen molar-refractivity contribution in [3.05, 3.63) is 0 Å². The Hall–Kier alpha value is -1.10. The molecule has 0 aliphatic carbocycles. The molecule has 0 radical (unpaired) electrons. The predicted octanol–water partition coefficient (Wildman–Crippen LogP) is 14.5. The summed E-state index contributed by atoms with van der Waals surface area (Å²) in [5.41, 5.74) is 0. The van der Waals surface area contributed by atoms with Gasteiger partial charge in [0, 0.05) is 12.8 Å². The summed E-state index contributed by atoms with van der Waals surface area (Å²) in [6, 6.07) is 0. The van der Waals surface area contributed by atoms with Crippen molar-refractivity contribution in [3.63, 3.8) is 0 Å². The van der Waals surface area contributed by atoms with E-state index >= 15 is 0 Å². The van der Waals surface area contributed by atoms with E-state index in [1.807, 2.05) is 0 Å². The Morgan fingerprint density at radius 2 is 0.627 bits per heavy atom. The number of carbonyl (C=O) groups is 2. The number of carbonyl (C=O) groups excluding carboxylic acids is 2. The third-order valence-corrected chi connectivity index (χ3v) is 10.5. The highest BCUT2D eigenvalue weighted by molar-refractivity contribution is 5.69. The molecule has 0 bridgehead atoms.